The molecule has 1 fully saturated rings. The molecular formula is C13H20ClNO3S2. The summed E-state index contributed by atoms with van der Waals surface area (Å²) < 4.78 is 32.3. The van der Waals surface area contributed by atoms with E-state index in [4.69, 9.17) is 16.3 Å². The zero-order valence-corrected chi connectivity index (χ0v) is 14.2. The number of halogens is 1. The number of alkyl halides is 1. The van der Waals surface area contributed by atoms with Crippen molar-refractivity contribution in [1.29, 1.82) is 0 Å². The molecule has 114 valence electrons. The molecule has 2 heterocycles. The van der Waals surface area contributed by atoms with Gasteiger partial charge in [0.25, 0.3) is 10.0 Å². The minimum Gasteiger partial charge on any atom is -0.381 e. The second-order valence-electron chi connectivity index (χ2n) is 5.17. The highest BCUT2D eigenvalue weighted by molar-refractivity contribution is 7.91. The number of aryl methyl sites for hydroxylation is 1. The highest BCUT2D eigenvalue weighted by Crippen LogP contribution is 2.29. The van der Waals surface area contributed by atoms with Gasteiger partial charge in [-0.1, -0.05) is 0 Å². The molecule has 1 aliphatic heterocycles. The molecule has 1 saturated heterocycles. The standard InChI is InChI=1S/C13H20ClNO3S2/c1-10-6-13(19-12(10)7-14)20(16,17)15(2)8-11-4-3-5-18-9-11/h6,11H,3-5,7-9H2,1-2H3. The van der Waals surface area contributed by atoms with Gasteiger partial charge in [-0.25, -0.2) is 8.42 Å². The molecular weight excluding hydrogens is 318 g/mol. The Kier molecular flexibility index (Phi) is 5.48. The number of thiophene rings is 1. The van der Waals surface area contributed by atoms with Crippen LogP contribution in [0.25, 0.3) is 0 Å². The number of rotatable bonds is 5. The normalized spacial score (nSPS) is 20.5. The van der Waals surface area contributed by atoms with Crippen LogP contribution in [0.4, 0.5) is 0 Å². The van der Waals surface area contributed by atoms with Crippen molar-refractivity contribution in [3.63, 3.8) is 0 Å². The topological polar surface area (TPSA) is 46.6 Å². The van der Waals surface area contributed by atoms with Gasteiger partial charge < -0.3 is 4.74 Å². The third-order valence-electron chi connectivity index (χ3n) is 3.55. The lowest BCUT2D eigenvalue weighted by molar-refractivity contribution is 0.0495. The van der Waals surface area contributed by atoms with Crippen LogP contribution in [0.1, 0.15) is 23.3 Å². The van der Waals surface area contributed by atoms with Crippen LogP contribution in [0, 0.1) is 12.8 Å². The Bertz CT molecular complexity index is 550. The van der Waals surface area contributed by atoms with Gasteiger partial charge in [-0.2, -0.15) is 4.31 Å². The minimum atomic E-state index is -3.41. The SMILES string of the molecule is Cc1cc(S(=O)(=O)N(C)CC2CCCOC2)sc1CCl. The van der Waals surface area contributed by atoms with E-state index in [1.165, 1.54) is 15.6 Å². The quantitative estimate of drug-likeness (QED) is 0.776. The average molecular weight is 338 g/mol. The molecule has 0 aliphatic carbocycles. The van der Waals surface area contributed by atoms with Crippen molar-refractivity contribution in [2.45, 2.75) is 29.9 Å². The Labute approximate surface area is 129 Å². The maximum Gasteiger partial charge on any atom is 0.252 e. The molecule has 1 atom stereocenters. The Morgan fingerprint density at radius 1 is 1.55 bits per heavy atom. The molecule has 0 radical (unpaired) electrons. The van der Waals surface area contributed by atoms with E-state index in [0.29, 0.717) is 23.2 Å². The molecule has 1 aromatic rings. The van der Waals surface area contributed by atoms with Gasteiger partial charge in [0.2, 0.25) is 0 Å². The first kappa shape index (κ1) is 16.2. The van der Waals surface area contributed by atoms with Gasteiger partial charge in [0.05, 0.1) is 12.5 Å². The molecule has 4 nitrogen and oxygen atoms in total. The van der Waals surface area contributed by atoms with E-state index < -0.39 is 10.0 Å². The number of ether oxygens (including phenoxy) is 1. The number of hydrogen-bond donors (Lipinski definition) is 0. The third kappa shape index (κ3) is 3.54. The lowest BCUT2D eigenvalue weighted by Crippen LogP contribution is -2.34. The van der Waals surface area contributed by atoms with Crippen LogP contribution in [0.15, 0.2) is 10.3 Å². The Balaban J connectivity index is 2.11. The maximum absolute atomic E-state index is 12.5. The molecule has 7 heteroatoms. The number of sulfonamides is 1. The molecule has 1 aliphatic rings. The summed E-state index contributed by atoms with van der Waals surface area (Å²) in [5.74, 6) is 0.642. The van der Waals surface area contributed by atoms with Crippen molar-refractivity contribution >= 4 is 33.0 Å². The second-order valence-corrected chi connectivity index (χ2v) is 8.85. The van der Waals surface area contributed by atoms with E-state index in [9.17, 15) is 8.42 Å². The van der Waals surface area contributed by atoms with Crippen molar-refractivity contribution in [1.82, 2.24) is 4.31 Å². The van der Waals surface area contributed by atoms with E-state index in [2.05, 4.69) is 0 Å². The van der Waals surface area contributed by atoms with Gasteiger partial charge in [-0.05, 0) is 37.3 Å². The fourth-order valence-corrected chi connectivity index (χ4v) is 5.59. The first-order chi connectivity index (χ1) is 9.45. The summed E-state index contributed by atoms with van der Waals surface area (Å²) in [5, 5.41) is 0. The summed E-state index contributed by atoms with van der Waals surface area (Å²) in [7, 11) is -1.77. The monoisotopic (exact) mass is 337 g/mol. The fourth-order valence-electron chi connectivity index (χ4n) is 2.32. The fraction of sp³-hybridized carbons (Fsp3) is 0.692. The van der Waals surface area contributed by atoms with Gasteiger partial charge >= 0.3 is 0 Å². The van der Waals surface area contributed by atoms with E-state index in [0.717, 1.165) is 29.9 Å². The first-order valence-corrected chi connectivity index (χ1v) is 9.43. The van der Waals surface area contributed by atoms with Crippen molar-refractivity contribution in [3.8, 4) is 0 Å². The first-order valence-electron chi connectivity index (χ1n) is 6.64. The number of nitrogens with zero attached hydrogens (tertiary/aromatic N) is 1. The predicted octanol–water partition coefficient (Wildman–Crippen LogP) is 2.84. The molecule has 1 unspecified atom stereocenters. The van der Waals surface area contributed by atoms with E-state index in [-0.39, 0.29) is 5.92 Å². The molecule has 0 saturated carbocycles. The Morgan fingerprint density at radius 3 is 2.85 bits per heavy atom. The smallest absolute Gasteiger partial charge is 0.252 e. The largest absolute Gasteiger partial charge is 0.381 e. The van der Waals surface area contributed by atoms with E-state index in [1.54, 1.807) is 13.1 Å². The predicted molar refractivity (Wildman–Crippen MR) is 82.0 cm³/mol. The molecule has 0 bridgehead atoms. The van der Waals surface area contributed by atoms with Crippen LogP contribution >= 0.6 is 22.9 Å². The summed E-state index contributed by atoms with van der Waals surface area (Å²) in [4.78, 5) is 0.916. The average Bonchev–Trinajstić information content (AvgIpc) is 2.81. The molecule has 1 aromatic heterocycles. The van der Waals surface area contributed by atoms with Crippen LogP contribution in [0.5, 0.6) is 0 Å². The van der Waals surface area contributed by atoms with Gasteiger partial charge in [0.1, 0.15) is 4.21 Å². The van der Waals surface area contributed by atoms with E-state index >= 15 is 0 Å². The lowest BCUT2D eigenvalue weighted by Gasteiger charge is -2.26. The Hall–Kier alpha value is -0.140. The van der Waals surface area contributed by atoms with Gasteiger partial charge in [0, 0.05) is 25.1 Å². The minimum absolute atomic E-state index is 0.289. The zero-order valence-electron chi connectivity index (χ0n) is 11.8. The van der Waals surface area contributed by atoms with Crippen LogP contribution < -0.4 is 0 Å². The highest BCUT2D eigenvalue weighted by Gasteiger charge is 2.27. The Morgan fingerprint density at radius 2 is 2.30 bits per heavy atom. The summed E-state index contributed by atoms with van der Waals surface area (Å²) in [6.07, 6.45) is 2.03. The van der Waals surface area contributed by atoms with Crippen molar-refractivity contribution in [2.75, 3.05) is 26.8 Å². The van der Waals surface area contributed by atoms with Gasteiger partial charge in [-0.15, -0.1) is 22.9 Å². The molecule has 0 amide bonds. The molecule has 0 aromatic carbocycles. The summed E-state index contributed by atoms with van der Waals surface area (Å²) in [6, 6.07) is 1.71. The maximum atomic E-state index is 12.5. The molecule has 0 spiro atoms. The summed E-state index contributed by atoms with van der Waals surface area (Å²) in [6.45, 7) is 3.84. The van der Waals surface area contributed by atoms with E-state index in [1.807, 2.05) is 6.92 Å². The van der Waals surface area contributed by atoms with Crippen LogP contribution in [-0.2, 0) is 20.6 Å². The highest BCUT2D eigenvalue weighted by atomic mass is 35.5. The van der Waals surface area contributed by atoms with Crippen LogP contribution in [0.3, 0.4) is 0 Å². The summed E-state index contributed by atoms with van der Waals surface area (Å²) in [5.41, 5.74) is 0.943. The zero-order chi connectivity index (χ0) is 14.8. The lowest BCUT2D eigenvalue weighted by atomic mass is 10.0. The summed E-state index contributed by atoms with van der Waals surface area (Å²) >= 11 is 7.08. The third-order valence-corrected chi connectivity index (χ3v) is 7.49. The van der Waals surface area contributed by atoms with Crippen molar-refractivity contribution in [2.24, 2.45) is 5.92 Å². The molecule has 20 heavy (non-hydrogen) atoms. The second kappa shape index (κ2) is 6.75. The van der Waals surface area contributed by atoms with Crippen molar-refractivity contribution in [3.05, 3.63) is 16.5 Å². The van der Waals surface area contributed by atoms with Crippen LogP contribution in [-0.4, -0.2) is 39.5 Å². The molecule has 0 N–H and O–H groups in total. The van der Waals surface area contributed by atoms with Crippen LogP contribution in [0.2, 0.25) is 0 Å². The van der Waals surface area contributed by atoms with Crippen molar-refractivity contribution < 1.29 is 13.2 Å². The van der Waals surface area contributed by atoms with Gasteiger partial charge in [0.15, 0.2) is 0 Å². The number of hydrogen-bond acceptors (Lipinski definition) is 4. The van der Waals surface area contributed by atoms with Gasteiger partial charge in [-0.3, -0.25) is 0 Å². The molecule has 2 rings (SSSR count).